The third kappa shape index (κ3) is 5.22. The molecule has 0 spiro atoms. The SMILES string of the molecule is CC(C)(CCO)CNCc1cnc(N2CCOCC2)nc1. The van der Waals surface area contributed by atoms with Crippen molar-refractivity contribution in [3.63, 3.8) is 0 Å². The minimum Gasteiger partial charge on any atom is -0.396 e. The van der Waals surface area contributed by atoms with Crippen LogP contribution in [0.2, 0.25) is 0 Å². The Bertz CT molecular complexity index is 416. The number of nitrogens with one attached hydrogen (secondary N) is 1. The van der Waals surface area contributed by atoms with Crippen LogP contribution in [0, 0.1) is 5.41 Å². The molecule has 0 aliphatic carbocycles. The lowest BCUT2D eigenvalue weighted by molar-refractivity contribution is 0.122. The van der Waals surface area contributed by atoms with Crippen molar-refractivity contribution in [1.29, 1.82) is 0 Å². The minimum absolute atomic E-state index is 0.101. The predicted molar refractivity (Wildman–Crippen MR) is 82.3 cm³/mol. The first kappa shape index (κ1) is 16.1. The molecule has 0 bridgehead atoms. The van der Waals surface area contributed by atoms with E-state index in [9.17, 15) is 0 Å². The number of aromatic nitrogens is 2. The zero-order valence-electron chi connectivity index (χ0n) is 13.0. The fourth-order valence-electron chi connectivity index (χ4n) is 2.30. The zero-order chi connectivity index (χ0) is 15.1. The minimum atomic E-state index is 0.101. The molecule has 6 nitrogen and oxygen atoms in total. The van der Waals surface area contributed by atoms with Gasteiger partial charge in [0.05, 0.1) is 13.2 Å². The second kappa shape index (κ2) is 7.68. The molecule has 0 saturated carbocycles. The zero-order valence-corrected chi connectivity index (χ0v) is 13.0. The molecule has 1 aliphatic rings. The summed E-state index contributed by atoms with van der Waals surface area (Å²) in [4.78, 5) is 11.0. The van der Waals surface area contributed by atoms with E-state index in [2.05, 4.69) is 34.0 Å². The molecule has 1 aromatic heterocycles. The Balaban J connectivity index is 1.79. The van der Waals surface area contributed by atoms with Crippen molar-refractivity contribution < 1.29 is 9.84 Å². The van der Waals surface area contributed by atoms with E-state index in [1.54, 1.807) is 0 Å². The topological polar surface area (TPSA) is 70.5 Å². The van der Waals surface area contributed by atoms with Gasteiger partial charge in [0.2, 0.25) is 5.95 Å². The lowest BCUT2D eigenvalue weighted by Gasteiger charge is -2.26. The number of aliphatic hydroxyl groups excluding tert-OH is 1. The number of ether oxygens (including phenoxy) is 1. The van der Waals surface area contributed by atoms with Gasteiger partial charge in [0.1, 0.15) is 0 Å². The standard InChI is InChI=1S/C15H26N4O2/c1-15(2,3-6-20)12-16-9-13-10-17-14(18-11-13)19-4-7-21-8-5-19/h10-11,16,20H,3-9,12H2,1-2H3. The molecule has 1 fully saturated rings. The van der Waals surface area contributed by atoms with Gasteiger partial charge in [-0.1, -0.05) is 13.8 Å². The first-order chi connectivity index (χ1) is 10.1. The maximum absolute atomic E-state index is 9.01. The predicted octanol–water partition coefficient (Wildman–Crippen LogP) is 0.811. The maximum atomic E-state index is 9.01. The summed E-state index contributed by atoms with van der Waals surface area (Å²) in [6, 6.07) is 0. The molecule has 0 amide bonds. The van der Waals surface area contributed by atoms with Gasteiger partial charge in [0, 0.05) is 50.7 Å². The largest absolute Gasteiger partial charge is 0.396 e. The highest BCUT2D eigenvalue weighted by Gasteiger charge is 2.16. The van der Waals surface area contributed by atoms with Crippen LogP contribution in [0.5, 0.6) is 0 Å². The Hall–Kier alpha value is -1.24. The van der Waals surface area contributed by atoms with Crippen LogP contribution in [-0.2, 0) is 11.3 Å². The van der Waals surface area contributed by atoms with Crippen molar-refractivity contribution >= 4 is 5.95 Å². The van der Waals surface area contributed by atoms with Crippen molar-refractivity contribution in [3.05, 3.63) is 18.0 Å². The summed E-state index contributed by atoms with van der Waals surface area (Å²) in [6.45, 7) is 9.32. The van der Waals surface area contributed by atoms with Gasteiger partial charge in [-0.05, 0) is 11.8 Å². The first-order valence-corrected chi connectivity index (χ1v) is 7.56. The molecular formula is C15H26N4O2. The van der Waals surface area contributed by atoms with Crippen LogP contribution in [0.3, 0.4) is 0 Å². The van der Waals surface area contributed by atoms with Gasteiger partial charge < -0.3 is 20.1 Å². The van der Waals surface area contributed by atoms with Gasteiger partial charge >= 0.3 is 0 Å². The summed E-state index contributed by atoms with van der Waals surface area (Å²) in [5.74, 6) is 0.780. The summed E-state index contributed by atoms with van der Waals surface area (Å²) in [7, 11) is 0. The average Bonchev–Trinajstić information content (AvgIpc) is 2.48. The molecule has 0 unspecified atom stereocenters. The molecule has 2 N–H and O–H groups in total. The van der Waals surface area contributed by atoms with E-state index in [1.807, 2.05) is 12.4 Å². The molecular weight excluding hydrogens is 268 g/mol. The quantitative estimate of drug-likeness (QED) is 0.775. The summed E-state index contributed by atoms with van der Waals surface area (Å²) in [6.07, 6.45) is 4.56. The molecule has 0 aromatic carbocycles. The molecule has 0 atom stereocenters. The number of morpholine rings is 1. The molecule has 1 saturated heterocycles. The fourth-order valence-corrected chi connectivity index (χ4v) is 2.30. The summed E-state index contributed by atoms with van der Waals surface area (Å²) < 4.78 is 5.32. The van der Waals surface area contributed by atoms with Crippen LogP contribution in [0.4, 0.5) is 5.95 Å². The van der Waals surface area contributed by atoms with E-state index in [0.717, 1.165) is 57.3 Å². The second-order valence-corrected chi connectivity index (χ2v) is 6.23. The van der Waals surface area contributed by atoms with Gasteiger partial charge in [-0.15, -0.1) is 0 Å². The van der Waals surface area contributed by atoms with E-state index in [1.165, 1.54) is 0 Å². The van der Waals surface area contributed by atoms with Gasteiger partial charge in [-0.2, -0.15) is 0 Å². The number of hydrogen-bond acceptors (Lipinski definition) is 6. The molecule has 21 heavy (non-hydrogen) atoms. The van der Waals surface area contributed by atoms with Crippen molar-refractivity contribution in [2.45, 2.75) is 26.8 Å². The van der Waals surface area contributed by atoms with Crippen LogP contribution in [0.1, 0.15) is 25.8 Å². The molecule has 1 aromatic rings. The van der Waals surface area contributed by atoms with Gasteiger partial charge in [-0.3, -0.25) is 0 Å². The Morgan fingerprint density at radius 3 is 2.57 bits per heavy atom. The lowest BCUT2D eigenvalue weighted by Crippen LogP contribution is -2.37. The van der Waals surface area contributed by atoms with Gasteiger partial charge in [0.25, 0.3) is 0 Å². The first-order valence-electron chi connectivity index (χ1n) is 7.56. The van der Waals surface area contributed by atoms with Crippen LogP contribution >= 0.6 is 0 Å². The lowest BCUT2D eigenvalue weighted by atomic mass is 9.90. The van der Waals surface area contributed by atoms with E-state index in [4.69, 9.17) is 9.84 Å². The number of anilines is 1. The van der Waals surface area contributed by atoms with Gasteiger partial charge in [-0.25, -0.2) is 9.97 Å². The Labute approximate surface area is 126 Å². The van der Waals surface area contributed by atoms with Crippen molar-refractivity contribution in [2.75, 3.05) is 44.4 Å². The summed E-state index contributed by atoms with van der Waals surface area (Å²) >= 11 is 0. The maximum Gasteiger partial charge on any atom is 0.225 e. The van der Waals surface area contributed by atoms with E-state index < -0.39 is 0 Å². The molecule has 0 radical (unpaired) electrons. The Kier molecular flexibility index (Phi) is 5.90. The second-order valence-electron chi connectivity index (χ2n) is 6.23. The van der Waals surface area contributed by atoms with Crippen molar-refractivity contribution in [3.8, 4) is 0 Å². The van der Waals surface area contributed by atoms with E-state index in [-0.39, 0.29) is 12.0 Å². The Morgan fingerprint density at radius 1 is 1.29 bits per heavy atom. The van der Waals surface area contributed by atoms with Crippen LogP contribution in [-0.4, -0.2) is 54.5 Å². The molecule has 6 heteroatoms. The highest BCUT2D eigenvalue weighted by molar-refractivity contribution is 5.30. The van der Waals surface area contributed by atoms with Crippen LogP contribution in [0.15, 0.2) is 12.4 Å². The summed E-state index contributed by atoms with van der Waals surface area (Å²) in [5.41, 5.74) is 1.18. The van der Waals surface area contributed by atoms with E-state index >= 15 is 0 Å². The Morgan fingerprint density at radius 2 is 1.95 bits per heavy atom. The smallest absolute Gasteiger partial charge is 0.225 e. The highest BCUT2D eigenvalue weighted by Crippen LogP contribution is 2.18. The summed E-state index contributed by atoms with van der Waals surface area (Å²) in [5, 5.41) is 12.4. The monoisotopic (exact) mass is 294 g/mol. The van der Waals surface area contributed by atoms with Crippen LogP contribution < -0.4 is 10.2 Å². The third-order valence-corrected chi connectivity index (χ3v) is 3.71. The molecule has 118 valence electrons. The van der Waals surface area contributed by atoms with Gasteiger partial charge in [0.15, 0.2) is 0 Å². The third-order valence-electron chi connectivity index (χ3n) is 3.71. The van der Waals surface area contributed by atoms with Crippen molar-refractivity contribution in [1.82, 2.24) is 15.3 Å². The van der Waals surface area contributed by atoms with E-state index in [0.29, 0.717) is 0 Å². The fraction of sp³-hybridized carbons (Fsp3) is 0.733. The van der Waals surface area contributed by atoms with Crippen molar-refractivity contribution in [2.24, 2.45) is 5.41 Å². The highest BCUT2D eigenvalue weighted by atomic mass is 16.5. The van der Waals surface area contributed by atoms with Crippen LogP contribution in [0.25, 0.3) is 0 Å². The number of aliphatic hydroxyl groups is 1. The average molecular weight is 294 g/mol. The molecule has 1 aliphatic heterocycles. The molecule has 2 heterocycles. The normalized spacial score (nSPS) is 16.2. The number of rotatable bonds is 7. The molecule has 2 rings (SSSR count). The number of hydrogen-bond donors (Lipinski definition) is 2. The number of nitrogens with zero attached hydrogens (tertiary/aromatic N) is 3.